The van der Waals surface area contributed by atoms with E-state index in [9.17, 15) is 14.4 Å². The minimum atomic E-state index is -0.636. The highest BCUT2D eigenvalue weighted by molar-refractivity contribution is 6.01. The first-order valence-corrected chi connectivity index (χ1v) is 11.9. The van der Waals surface area contributed by atoms with Crippen molar-refractivity contribution in [2.24, 2.45) is 5.92 Å². The molecule has 7 nitrogen and oxygen atoms in total. The first kappa shape index (κ1) is 24.1. The van der Waals surface area contributed by atoms with Crippen molar-refractivity contribution in [3.05, 3.63) is 96.6 Å². The number of amides is 1. The fourth-order valence-electron chi connectivity index (χ4n) is 4.34. The lowest BCUT2D eigenvalue weighted by Crippen LogP contribution is -2.27. The Hall–Kier alpha value is -4.65. The monoisotopic (exact) mass is 495 g/mol. The van der Waals surface area contributed by atoms with Crippen molar-refractivity contribution >= 4 is 34.1 Å². The summed E-state index contributed by atoms with van der Waals surface area (Å²) in [6.07, 6.45) is 0.0316. The van der Waals surface area contributed by atoms with Gasteiger partial charge in [0.1, 0.15) is 17.2 Å². The van der Waals surface area contributed by atoms with E-state index in [0.717, 1.165) is 16.5 Å². The van der Waals surface area contributed by atoms with Gasteiger partial charge >= 0.3 is 5.97 Å². The number of nitrogens with zero attached hydrogens (tertiary/aromatic N) is 1. The molecule has 0 N–H and O–H groups in total. The van der Waals surface area contributed by atoms with Crippen LogP contribution in [0.1, 0.15) is 16.8 Å². The van der Waals surface area contributed by atoms with Gasteiger partial charge < -0.3 is 19.1 Å². The van der Waals surface area contributed by atoms with Crippen molar-refractivity contribution in [3.8, 4) is 17.2 Å². The van der Waals surface area contributed by atoms with E-state index in [-0.39, 0.29) is 31.3 Å². The summed E-state index contributed by atoms with van der Waals surface area (Å²) < 4.78 is 16.4. The maximum absolute atomic E-state index is 12.6. The number of Topliss-reactive ketones (excluding diaryl/α,β-unsaturated/α-hetero) is 1. The topological polar surface area (TPSA) is 82.1 Å². The van der Waals surface area contributed by atoms with Crippen LogP contribution in [0, 0.1) is 5.92 Å². The molecule has 0 aromatic heterocycles. The fourth-order valence-corrected chi connectivity index (χ4v) is 4.34. The summed E-state index contributed by atoms with van der Waals surface area (Å²) >= 11 is 0. The highest BCUT2D eigenvalue weighted by Crippen LogP contribution is 2.32. The Balaban J connectivity index is 1.18. The molecule has 1 atom stereocenters. The lowest BCUT2D eigenvalue weighted by atomic mass is 10.1. The first-order valence-electron chi connectivity index (χ1n) is 11.9. The van der Waals surface area contributed by atoms with Crippen molar-refractivity contribution in [2.45, 2.75) is 6.42 Å². The average Bonchev–Trinajstić information content (AvgIpc) is 3.33. The number of ketones is 1. The first-order chi connectivity index (χ1) is 18.0. The van der Waals surface area contributed by atoms with Crippen LogP contribution in [-0.2, 0) is 14.3 Å². The van der Waals surface area contributed by atoms with Gasteiger partial charge in [-0.2, -0.15) is 0 Å². The van der Waals surface area contributed by atoms with E-state index in [1.54, 1.807) is 60.5 Å². The van der Waals surface area contributed by atoms with E-state index in [1.807, 2.05) is 42.5 Å². The molecule has 186 valence electrons. The number of anilines is 1. The molecular formula is C30H25NO6. The molecule has 1 aliphatic rings. The van der Waals surface area contributed by atoms with E-state index < -0.39 is 11.9 Å². The minimum absolute atomic E-state index is 0.0316. The molecule has 0 saturated carbocycles. The predicted molar refractivity (Wildman–Crippen MR) is 139 cm³/mol. The van der Waals surface area contributed by atoms with Crippen LogP contribution in [0.4, 0.5) is 5.69 Å². The maximum Gasteiger partial charge on any atom is 0.311 e. The molecule has 1 aliphatic heterocycles. The van der Waals surface area contributed by atoms with E-state index >= 15 is 0 Å². The van der Waals surface area contributed by atoms with Crippen LogP contribution in [0.15, 0.2) is 91.0 Å². The van der Waals surface area contributed by atoms with Gasteiger partial charge in [-0.1, -0.05) is 36.4 Å². The molecule has 7 heteroatoms. The SMILES string of the molecule is COc1ccc(C(=O)COC(=O)[C@@H]2CC(=O)N(c3ccc(Oc4cccc5ccccc45)cc3)C2)cc1. The summed E-state index contributed by atoms with van der Waals surface area (Å²) in [4.78, 5) is 39.1. The molecular weight excluding hydrogens is 470 g/mol. The van der Waals surface area contributed by atoms with Gasteiger partial charge in [0.2, 0.25) is 5.91 Å². The molecule has 4 aromatic rings. The number of esters is 1. The van der Waals surface area contributed by atoms with Gasteiger partial charge in [0.05, 0.1) is 13.0 Å². The summed E-state index contributed by atoms with van der Waals surface area (Å²) in [7, 11) is 1.54. The highest BCUT2D eigenvalue weighted by Gasteiger charge is 2.36. The molecule has 1 saturated heterocycles. The van der Waals surface area contributed by atoms with Gasteiger partial charge in [0, 0.05) is 29.6 Å². The molecule has 0 aliphatic carbocycles. The third-order valence-corrected chi connectivity index (χ3v) is 6.34. The third kappa shape index (κ3) is 5.30. The number of fused-ring (bicyclic) bond motifs is 1. The summed E-state index contributed by atoms with van der Waals surface area (Å²) in [5.74, 6) is 0.322. The van der Waals surface area contributed by atoms with Crippen LogP contribution >= 0.6 is 0 Å². The summed E-state index contributed by atoms with van der Waals surface area (Å²) in [5, 5.41) is 2.10. The number of rotatable bonds is 8. The summed E-state index contributed by atoms with van der Waals surface area (Å²) in [6, 6.07) is 27.6. The minimum Gasteiger partial charge on any atom is -0.497 e. The zero-order chi connectivity index (χ0) is 25.8. The number of carbonyl (C=O) groups is 3. The van der Waals surface area contributed by atoms with Gasteiger partial charge in [-0.25, -0.2) is 0 Å². The van der Waals surface area contributed by atoms with Crippen molar-refractivity contribution < 1.29 is 28.6 Å². The van der Waals surface area contributed by atoms with Crippen molar-refractivity contribution in [2.75, 3.05) is 25.2 Å². The van der Waals surface area contributed by atoms with Crippen LogP contribution in [0.3, 0.4) is 0 Å². The van der Waals surface area contributed by atoms with Crippen molar-refractivity contribution in [3.63, 3.8) is 0 Å². The van der Waals surface area contributed by atoms with Crippen LogP contribution in [0.2, 0.25) is 0 Å². The molecule has 1 amide bonds. The average molecular weight is 496 g/mol. The zero-order valence-corrected chi connectivity index (χ0v) is 20.3. The molecule has 0 unspecified atom stereocenters. The predicted octanol–water partition coefficient (Wildman–Crippen LogP) is 5.42. The van der Waals surface area contributed by atoms with Crippen LogP contribution in [0.5, 0.6) is 17.2 Å². The van der Waals surface area contributed by atoms with Crippen molar-refractivity contribution in [1.29, 1.82) is 0 Å². The Labute approximate surface area is 214 Å². The van der Waals surface area contributed by atoms with E-state index in [1.165, 1.54) is 0 Å². The molecule has 1 heterocycles. The Morgan fingerprint density at radius 2 is 1.57 bits per heavy atom. The number of benzene rings is 4. The van der Waals surface area contributed by atoms with E-state index in [0.29, 0.717) is 22.7 Å². The second kappa shape index (κ2) is 10.5. The Kier molecular flexibility index (Phi) is 6.85. The Morgan fingerprint density at radius 3 is 2.32 bits per heavy atom. The Bertz CT molecular complexity index is 1440. The molecule has 4 aromatic carbocycles. The van der Waals surface area contributed by atoms with Gasteiger partial charge in [-0.05, 0) is 60.0 Å². The van der Waals surface area contributed by atoms with E-state index in [4.69, 9.17) is 14.2 Å². The molecule has 5 rings (SSSR count). The number of methoxy groups -OCH3 is 1. The van der Waals surface area contributed by atoms with Gasteiger partial charge in [-0.3, -0.25) is 14.4 Å². The van der Waals surface area contributed by atoms with Gasteiger partial charge in [0.15, 0.2) is 12.4 Å². The number of ether oxygens (including phenoxy) is 3. The van der Waals surface area contributed by atoms with E-state index in [2.05, 4.69) is 0 Å². The summed E-state index contributed by atoms with van der Waals surface area (Å²) in [6.45, 7) is -0.187. The normalized spacial score (nSPS) is 15.0. The standard InChI is InChI=1S/C30H25NO6/c1-35-24-13-9-21(10-14-24)27(32)19-36-30(34)22-17-29(33)31(18-22)23-11-15-25(16-12-23)37-28-8-4-6-20-5-2-3-7-26(20)28/h2-16,22H,17-19H2,1H3/t22-/m1/s1. The molecule has 0 bridgehead atoms. The number of hydrogen-bond donors (Lipinski definition) is 0. The number of hydrogen-bond acceptors (Lipinski definition) is 6. The maximum atomic E-state index is 12.6. The van der Waals surface area contributed by atoms with Crippen LogP contribution in [-0.4, -0.2) is 37.9 Å². The second-order valence-corrected chi connectivity index (χ2v) is 8.74. The largest absolute Gasteiger partial charge is 0.497 e. The molecule has 0 spiro atoms. The summed E-state index contributed by atoms with van der Waals surface area (Å²) in [5.41, 5.74) is 1.09. The smallest absolute Gasteiger partial charge is 0.311 e. The van der Waals surface area contributed by atoms with Gasteiger partial charge in [-0.15, -0.1) is 0 Å². The molecule has 1 fully saturated rings. The highest BCUT2D eigenvalue weighted by atomic mass is 16.5. The quantitative estimate of drug-likeness (QED) is 0.240. The molecule has 37 heavy (non-hydrogen) atoms. The zero-order valence-electron chi connectivity index (χ0n) is 20.3. The fraction of sp³-hybridized carbons (Fsp3) is 0.167. The van der Waals surface area contributed by atoms with Crippen molar-refractivity contribution in [1.82, 2.24) is 0 Å². The van der Waals surface area contributed by atoms with Gasteiger partial charge in [0.25, 0.3) is 0 Å². The lowest BCUT2D eigenvalue weighted by Gasteiger charge is -2.17. The second-order valence-electron chi connectivity index (χ2n) is 8.74. The van der Waals surface area contributed by atoms with Crippen LogP contribution in [0.25, 0.3) is 10.8 Å². The lowest BCUT2D eigenvalue weighted by molar-refractivity contribution is -0.147. The number of carbonyl (C=O) groups excluding carboxylic acids is 3. The van der Waals surface area contributed by atoms with Crippen LogP contribution < -0.4 is 14.4 Å². The molecule has 0 radical (unpaired) electrons. The third-order valence-electron chi connectivity index (χ3n) is 6.34. The Morgan fingerprint density at radius 1 is 0.865 bits per heavy atom.